The monoisotopic (exact) mass is 298 g/mol. The molecule has 1 unspecified atom stereocenters. The van der Waals surface area contributed by atoms with E-state index in [9.17, 15) is 9.59 Å². The van der Waals surface area contributed by atoms with E-state index in [2.05, 4.69) is 26.2 Å². The van der Waals surface area contributed by atoms with E-state index in [0.717, 1.165) is 12.8 Å². The first-order chi connectivity index (χ1) is 8.09. The zero-order valence-electron chi connectivity index (χ0n) is 8.89. The van der Waals surface area contributed by atoms with Crippen molar-refractivity contribution in [1.82, 2.24) is 10.3 Å². The molecule has 6 heteroatoms. The first-order valence-corrected chi connectivity index (χ1v) is 6.03. The minimum absolute atomic E-state index is 0.0546. The third-order valence-electron chi connectivity index (χ3n) is 2.62. The molecule has 0 spiro atoms. The van der Waals surface area contributed by atoms with Gasteiger partial charge in [-0.25, -0.2) is 9.78 Å². The normalized spacial score (nSPS) is 16.3. The Balaban J connectivity index is 2.10. The number of rotatable bonds is 4. The van der Waals surface area contributed by atoms with Crippen molar-refractivity contribution >= 4 is 27.8 Å². The number of hydrogen-bond acceptors (Lipinski definition) is 3. The summed E-state index contributed by atoms with van der Waals surface area (Å²) in [6.07, 6.45) is 3.19. The molecule has 1 amide bonds. The van der Waals surface area contributed by atoms with Gasteiger partial charge in [0.25, 0.3) is 5.91 Å². The summed E-state index contributed by atoms with van der Waals surface area (Å²) in [5.74, 6) is -1.40. The van der Waals surface area contributed by atoms with Crippen molar-refractivity contribution < 1.29 is 14.7 Å². The summed E-state index contributed by atoms with van der Waals surface area (Å²) >= 11 is 3.21. The predicted octanol–water partition coefficient (Wildman–Crippen LogP) is 1.44. The summed E-state index contributed by atoms with van der Waals surface area (Å²) in [6, 6.07) is 2.57. The number of carboxylic acids is 1. The fraction of sp³-hybridized carbons (Fsp3) is 0.364. The Hall–Kier alpha value is -1.43. The number of pyridine rings is 1. The quantitative estimate of drug-likeness (QED) is 0.881. The van der Waals surface area contributed by atoms with Crippen molar-refractivity contribution in [2.45, 2.75) is 18.9 Å². The van der Waals surface area contributed by atoms with Crippen LogP contribution in [0.5, 0.6) is 0 Å². The van der Waals surface area contributed by atoms with Gasteiger partial charge in [0.15, 0.2) is 0 Å². The summed E-state index contributed by atoms with van der Waals surface area (Å²) in [6.45, 7) is 0. The van der Waals surface area contributed by atoms with Crippen LogP contribution in [0.15, 0.2) is 22.8 Å². The van der Waals surface area contributed by atoms with Gasteiger partial charge in [-0.2, -0.15) is 0 Å². The first-order valence-electron chi connectivity index (χ1n) is 5.24. The number of carboxylic acid groups (broad SMARTS) is 1. The Bertz CT molecular complexity index is 460. The number of aliphatic carboxylic acids is 1. The van der Waals surface area contributed by atoms with E-state index in [4.69, 9.17) is 5.11 Å². The smallest absolute Gasteiger partial charge is 0.326 e. The molecule has 1 heterocycles. The lowest BCUT2D eigenvalue weighted by atomic mass is 10.2. The number of halogens is 1. The van der Waals surface area contributed by atoms with Gasteiger partial charge in [-0.05, 0) is 46.8 Å². The van der Waals surface area contributed by atoms with Crippen molar-refractivity contribution in [1.29, 1.82) is 0 Å². The molecule has 1 fully saturated rings. The van der Waals surface area contributed by atoms with E-state index in [1.165, 1.54) is 6.20 Å². The zero-order chi connectivity index (χ0) is 12.4. The lowest BCUT2D eigenvalue weighted by Crippen LogP contribution is -2.42. The van der Waals surface area contributed by atoms with Crippen molar-refractivity contribution in [3.63, 3.8) is 0 Å². The molecule has 0 radical (unpaired) electrons. The molecule has 5 nitrogen and oxygen atoms in total. The van der Waals surface area contributed by atoms with Crippen molar-refractivity contribution in [2.24, 2.45) is 5.92 Å². The molecule has 17 heavy (non-hydrogen) atoms. The van der Waals surface area contributed by atoms with E-state index in [0.29, 0.717) is 4.47 Å². The second kappa shape index (κ2) is 4.83. The number of aromatic nitrogens is 1. The van der Waals surface area contributed by atoms with E-state index >= 15 is 0 Å². The van der Waals surface area contributed by atoms with E-state index in [1.54, 1.807) is 12.1 Å². The van der Waals surface area contributed by atoms with Crippen LogP contribution < -0.4 is 5.32 Å². The summed E-state index contributed by atoms with van der Waals surface area (Å²) in [7, 11) is 0. The molecule has 1 aromatic rings. The average molecular weight is 299 g/mol. The maximum absolute atomic E-state index is 11.8. The Morgan fingerprint density at radius 3 is 2.76 bits per heavy atom. The van der Waals surface area contributed by atoms with Crippen LogP contribution in [-0.4, -0.2) is 28.0 Å². The number of nitrogens with zero attached hydrogens (tertiary/aromatic N) is 1. The van der Waals surface area contributed by atoms with Crippen LogP contribution in [0, 0.1) is 5.92 Å². The van der Waals surface area contributed by atoms with Crippen molar-refractivity contribution in [2.75, 3.05) is 0 Å². The van der Waals surface area contributed by atoms with Crippen LogP contribution in [0.25, 0.3) is 0 Å². The fourth-order valence-corrected chi connectivity index (χ4v) is 2.01. The maximum Gasteiger partial charge on any atom is 0.326 e. The summed E-state index contributed by atoms with van der Waals surface area (Å²) in [5, 5.41) is 11.5. The van der Waals surface area contributed by atoms with Gasteiger partial charge >= 0.3 is 5.97 Å². The molecule has 0 aromatic carbocycles. The van der Waals surface area contributed by atoms with Gasteiger partial charge in [0.1, 0.15) is 11.7 Å². The zero-order valence-corrected chi connectivity index (χ0v) is 10.5. The summed E-state index contributed by atoms with van der Waals surface area (Å²) in [5.41, 5.74) is 0.208. The highest BCUT2D eigenvalue weighted by atomic mass is 79.9. The van der Waals surface area contributed by atoms with Crippen molar-refractivity contribution in [3.8, 4) is 0 Å². The number of nitrogens with one attached hydrogen (secondary N) is 1. The highest BCUT2D eigenvalue weighted by molar-refractivity contribution is 9.10. The molecule has 1 saturated carbocycles. The van der Waals surface area contributed by atoms with E-state index in [-0.39, 0.29) is 11.6 Å². The standard InChI is InChI=1S/C11H11BrN2O3/c12-7-2-1-5-13-9(7)10(15)14-8(11(16)17)6-3-4-6/h1-2,5-6,8H,3-4H2,(H,14,15)(H,16,17). The fourth-order valence-electron chi connectivity index (χ4n) is 1.57. The Labute approximate surface area is 106 Å². The molecule has 0 bridgehead atoms. The van der Waals surface area contributed by atoms with Crippen LogP contribution in [-0.2, 0) is 4.79 Å². The molecule has 2 rings (SSSR count). The molecule has 1 atom stereocenters. The van der Waals surface area contributed by atoms with Gasteiger partial charge in [0, 0.05) is 10.7 Å². The second-order valence-electron chi connectivity index (χ2n) is 3.96. The van der Waals surface area contributed by atoms with Crippen LogP contribution in [0.4, 0.5) is 0 Å². The molecule has 1 aliphatic rings. The predicted molar refractivity (Wildman–Crippen MR) is 63.6 cm³/mol. The highest BCUT2D eigenvalue weighted by Gasteiger charge is 2.37. The van der Waals surface area contributed by atoms with Gasteiger partial charge in [0.05, 0.1) is 0 Å². The Kier molecular flexibility index (Phi) is 3.42. The van der Waals surface area contributed by atoms with Gasteiger partial charge in [-0.1, -0.05) is 0 Å². The molecule has 0 aliphatic heterocycles. The van der Waals surface area contributed by atoms with Crippen LogP contribution in [0.3, 0.4) is 0 Å². The molecular weight excluding hydrogens is 288 g/mol. The topological polar surface area (TPSA) is 79.3 Å². The molecule has 0 saturated heterocycles. The Morgan fingerprint density at radius 1 is 1.53 bits per heavy atom. The van der Waals surface area contributed by atoms with Crippen LogP contribution >= 0.6 is 15.9 Å². The van der Waals surface area contributed by atoms with Gasteiger partial charge in [0.2, 0.25) is 0 Å². The SMILES string of the molecule is O=C(NC(C(=O)O)C1CC1)c1ncccc1Br. The summed E-state index contributed by atoms with van der Waals surface area (Å²) < 4.78 is 0.553. The Morgan fingerprint density at radius 2 is 2.24 bits per heavy atom. The van der Waals surface area contributed by atoms with Gasteiger partial charge in [-0.3, -0.25) is 4.79 Å². The molecule has 2 N–H and O–H groups in total. The highest BCUT2D eigenvalue weighted by Crippen LogP contribution is 2.33. The number of carbonyl (C=O) groups is 2. The molecule has 90 valence electrons. The number of carbonyl (C=O) groups excluding carboxylic acids is 1. The number of hydrogen-bond donors (Lipinski definition) is 2. The van der Waals surface area contributed by atoms with E-state index in [1.807, 2.05) is 0 Å². The van der Waals surface area contributed by atoms with Gasteiger partial charge < -0.3 is 10.4 Å². The molecule has 1 aromatic heterocycles. The number of amides is 1. The molecule has 1 aliphatic carbocycles. The lowest BCUT2D eigenvalue weighted by molar-refractivity contribution is -0.139. The third-order valence-corrected chi connectivity index (χ3v) is 3.26. The maximum atomic E-state index is 11.8. The molecular formula is C11H11BrN2O3. The average Bonchev–Trinajstić information content (AvgIpc) is 3.09. The van der Waals surface area contributed by atoms with Crippen molar-refractivity contribution in [3.05, 3.63) is 28.5 Å². The first kappa shape index (κ1) is 12.0. The lowest BCUT2D eigenvalue weighted by Gasteiger charge is -2.13. The van der Waals surface area contributed by atoms with Crippen LogP contribution in [0.2, 0.25) is 0 Å². The third kappa shape index (κ3) is 2.82. The summed E-state index contributed by atoms with van der Waals surface area (Å²) in [4.78, 5) is 26.7. The minimum Gasteiger partial charge on any atom is -0.480 e. The van der Waals surface area contributed by atoms with Gasteiger partial charge in [-0.15, -0.1) is 0 Å². The minimum atomic E-state index is -0.993. The van der Waals surface area contributed by atoms with E-state index < -0.39 is 17.9 Å². The van der Waals surface area contributed by atoms with Crippen LogP contribution in [0.1, 0.15) is 23.3 Å². The largest absolute Gasteiger partial charge is 0.480 e. The second-order valence-corrected chi connectivity index (χ2v) is 4.81.